The molecule has 1 aliphatic rings. The lowest BCUT2D eigenvalue weighted by molar-refractivity contribution is -0.124. The number of rotatable bonds is 6. The van der Waals surface area contributed by atoms with Crippen molar-refractivity contribution in [1.29, 1.82) is 0 Å². The SMILES string of the molecule is CNCC(C)C(=O)NCCC1CCN(C)CC1.Cl.Cl. The van der Waals surface area contributed by atoms with Crippen LogP contribution in [0.25, 0.3) is 0 Å². The summed E-state index contributed by atoms with van der Waals surface area (Å²) in [5.74, 6) is 1.04. The van der Waals surface area contributed by atoms with Crippen molar-refractivity contribution in [1.82, 2.24) is 15.5 Å². The van der Waals surface area contributed by atoms with Gasteiger partial charge in [-0.25, -0.2) is 0 Å². The van der Waals surface area contributed by atoms with Crippen molar-refractivity contribution in [3.05, 3.63) is 0 Å². The predicted octanol–water partition coefficient (Wildman–Crippen LogP) is 1.53. The topological polar surface area (TPSA) is 44.4 Å². The minimum absolute atomic E-state index is 0. The zero-order chi connectivity index (χ0) is 12.7. The van der Waals surface area contributed by atoms with Gasteiger partial charge in [0.2, 0.25) is 5.91 Å². The lowest BCUT2D eigenvalue weighted by Crippen LogP contribution is -2.36. The molecule has 1 heterocycles. The molecule has 0 radical (unpaired) electrons. The van der Waals surface area contributed by atoms with Gasteiger partial charge < -0.3 is 15.5 Å². The molecule has 0 aromatic carbocycles. The van der Waals surface area contributed by atoms with Crippen LogP contribution < -0.4 is 10.6 Å². The molecular weight excluding hydrogens is 285 g/mol. The Kier molecular flexibility index (Phi) is 13.2. The standard InChI is InChI=1S/C13H27N3O.2ClH/c1-11(10-14-2)13(17)15-7-4-12-5-8-16(3)9-6-12;;/h11-12,14H,4-10H2,1-3H3,(H,15,17);2*1H. The monoisotopic (exact) mass is 313 g/mol. The van der Waals surface area contributed by atoms with Crippen LogP contribution in [0.3, 0.4) is 0 Å². The van der Waals surface area contributed by atoms with Crippen molar-refractivity contribution in [2.75, 3.05) is 40.3 Å². The van der Waals surface area contributed by atoms with E-state index in [2.05, 4.69) is 22.6 Å². The summed E-state index contributed by atoms with van der Waals surface area (Å²) in [5, 5.41) is 6.06. The fourth-order valence-corrected chi connectivity index (χ4v) is 2.32. The number of nitrogens with one attached hydrogen (secondary N) is 2. The summed E-state index contributed by atoms with van der Waals surface area (Å²) in [4.78, 5) is 14.0. The first-order valence-corrected chi connectivity index (χ1v) is 6.74. The number of piperidine rings is 1. The Morgan fingerprint density at radius 1 is 1.32 bits per heavy atom. The lowest BCUT2D eigenvalue weighted by atomic mass is 9.94. The van der Waals surface area contributed by atoms with Crippen molar-refractivity contribution in [2.24, 2.45) is 11.8 Å². The first kappa shape index (κ1) is 21.3. The maximum absolute atomic E-state index is 11.7. The first-order valence-electron chi connectivity index (χ1n) is 6.74. The summed E-state index contributed by atoms with van der Waals surface area (Å²) in [5.41, 5.74) is 0. The molecule has 19 heavy (non-hydrogen) atoms. The van der Waals surface area contributed by atoms with E-state index in [4.69, 9.17) is 0 Å². The summed E-state index contributed by atoms with van der Waals surface area (Å²) in [6, 6.07) is 0. The van der Waals surface area contributed by atoms with Crippen LogP contribution in [0, 0.1) is 11.8 Å². The molecule has 6 heteroatoms. The molecule has 1 amide bonds. The highest BCUT2D eigenvalue weighted by atomic mass is 35.5. The van der Waals surface area contributed by atoms with E-state index in [1.807, 2.05) is 14.0 Å². The van der Waals surface area contributed by atoms with Crippen LogP contribution in [0.15, 0.2) is 0 Å². The number of hydrogen-bond acceptors (Lipinski definition) is 3. The molecule has 2 N–H and O–H groups in total. The Morgan fingerprint density at radius 3 is 2.42 bits per heavy atom. The molecule has 1 saturated heterocycles. The minimum atomic E-state index is 0. The fraction of sp³-hybridized carbons (Fsp3) is 0.923. The van der Waals surface area contributed by atoms with Gasteiger partial charge in [-0.05, 0) is 52.4 Å². The fourth-order valence-electron chi connectivity index (χ4n) is 2.32. The molecule has 0 aliphatic carbocycles. The van der Waals surface area contributed by atoms with E-state index in [1.165, 1.54) is 25.9 Å². The molecule has 0 aromatic rings. The third kappa shape index (κ3) is 8.69. The summed E-state index contributed by atoms with van der Waals surface area (Å²) in [7, 11) is 4.06. The smallest absolute Gasteiger partial charge is 0.224 e. The summed E-state index contributed by atoms with van der Waals surface area (Å²) < 4.78 is 0. The Balaban J connectivity index is 0. The van der Waals surface area contributed by atoms with Crippen LogP contribution in [-0.2, 0) is 4.79 Å². The molecule has 1 fully saturated rings. The van der Waals surface area contributed by atoms with Gasteiger partial charge in [0, 0.05) is 19.0 Å². The predicted molar refractivity (Wildman–Crippen MR) is 85.4 cm³/mol. The van der Waals surface area contributed by atoms with Gasteiger partial charge in [0.1, 0.15) is 0 Å². The molecule has 1 rings (SSSR count). The second-order valence-electron chi connectivity index (χ2n) is 5.29. The van der Waals surface area contributed by atoms with Gasteiger partial charge in [-0.2, -0.15) is 0 Å². The van der Waals surface area contributed by atoms with E-state index in [0.717, 1.165) is 25.4 Å². The van der Waals surface area contributed by atoms with Gasteiger partial charge in [-0.1, -0.05) is 6.92 Å². The molecule has 0 aromatic heterocycles. The quantitative estimate of drug-likeness (QED) is 0.781. The number of likely N-dealkylation sites (tertiary alicyclic amines) is 1. The van der Waals surface area contributed by atoms with Gasteiger partial charge >= 0.3 is 0 Å². The second kappa shape index (κ2) is 11.8. The van der Waals surface area contributed by atoms with Crippen LogP contribution >= 0.6 is 24.8 Å². The third-order valence-corrected chi connectivity index (χ3v) is 3.65. The summed E-state index contributed by atoms with van der Waals surface area (Å²) in [6.45, 7) is 5.95. The number of hydrogen-bond donors (Lipinski definition) is 2. The molecule has 1 aliphatic heterocycles. The molecule has 1 atom stereocenters. The zero-order valence-electron chi connectivity index (χ0n) is 12.3. The maximum Gasteiger partial charge on any atom is 0.224 e. The highest BCUT2D eigenvalue weighted by molar-refractivity contribution is 5.85. The molecular formula is C13H29Cl2N3O. The zero-order valence-corrected chi connectivity index (χ0v) is 13.9. The van der Waals surface area contributed by atoms with Crippen molar-refractivity contribution >= 4 is 30.7 Å². The number of carbonyl (C=O) groups excluding carboxylic acids is 1. The highest BCUT2D eigenvalue weighted by Gasteiger charge is 2.17. The van der Waals surface area contributed by atoms with E-state index in [1.54, 1.807) is 0 Å². The lowest BCUT2D eigenvalue weighted by Gasteiger charge is -2.29. The van der Waals surface area contributed by atoms with Crippen LogP contribution in [0.2, 0.25) is 0 Å². The van der Waals surface area contributed by atoms with Crippen molar-refractivity contribution in [3.8, 4) is 0 Å². The molecule has 0 bridgehead atoms. The number of nitrogens with zero attached hydrogens (tertiary/aromatic N) is 1. The average Bonchev–Trinajstić information content (AvgIpc) is 2.32. The van der Waals surface area contributed by atoms with Gasteiger partial charge in [-0.15, -0.1) is 24.8 Å². The van der Waals surface area contributed by atoms with E-state index in [-0.39, 0.29) is 36.6 Å². The number of amides is 1. The first-order chi connectivity index (χ1) is 8.13. The largest absolute Gasteiger partial charge is 0.356 e. The number of halogens is 2. The average molecular weight is 314 g/mol. The Bertz CT molecular complexity index is 234. The molecule has 1 unspecified atom stereocenters. The van der Waals surface area contributed by atoms with Gasteiger partial charge in [0.05, 0.1) is 0 Å². The molecule has 116 valence electrons. The Labute approximate surface area is 129 Å². The van der Waals surface area contributed by atoms with Crippen molar-refractivity contribution in [2.45, 2.75) is 26.2 Å². The Hall–Kier alpha value is -0.0300. The second-order valence-corrected chi connectivity index (χ2v) is 5.29. The summed E-state index contributed by atoms with van der Waals surface area (Å²) >= 11 is 0. The normalized spacial score (nSPS) is 18.1. The van der Waals surface area contributed by atoms with Gasteiger partial charge in [0.15, 0.2) is 0 Å². The Morgan fingerprint density at radius 2 is 1.89 bits per heavy atom. The van der Waals surface area contributed by atoms with Crippen molar-refractivity contribution in [3.63, 3.8) is 0 Å². The van der Waals surface area contributed by atoms with E-state index in [9.17, 15) is 4.79 Å². The molecule has 4 nitrogen and oxygen atoms in total. The number of carbonyl (C=O) groups is 1. The van der Waals surface area contributed by atoms with E-state index >= 15 is 0 Å². The van der Waals surface area contributed by atoms with E-state index in [0.29, 0.717) is 0 Å². The van der Waals surface area contributed by atoms with Gasteiger partial charge in [0.25, 0.3) is 0 Å². The van der Waals surface area contributed by atoms with Gasteiger partial charge in [-0.3, -0.25) is 4.79 Å². The maximum atomic E-state index is 11.7. The molecule has 0 spiro atoms. The molecule has 0 saturated carbocycles. The van der Waals surface area contributed by atoms with E-state index < -0.39 is 0 Å². The van der Waals surface area contributed by atoms with Crippen LogP contribution in [0.1, 0.15) is 26.2 Å². The summed E-state index contributed by atoms with van der Waals surface area (Å²) in [6.07, 6.45) is 3.68. The van der Waals surface area contributed by atoms with Crippen molar-refractivity contribution < 1.29 is 4.79 Å². The van der Waals surface area contributed by atoms with Crippen LogP contribution in [-0.4, -0.2) is 51.1 Å². The minimum Gasteiger partial charge on any atom is -0.356 e. The van der Waals surface area contributed by atoms with Crippen LogP contribution in [0.5, 0.6) is 0 Å². The third-order valence-electron chi connectivity index (χ3n) is 3.65. The van der Waals surface area contributed by atoms with Crippen LogP contribution in [0.4, 0.5) is 0 Å². The highest BCUT2D eigenvalue weighted by Crippen LogP contribution is 2.18.